The molecule has 3 nitrogen and oxygen atoms in total. The summed E-state index contributed by atoms with van der Waals surface area (Å²) in [5.41, 5.74) is 0.110. The minimum atomic E-state index is -1.94. The molecule has 0 aliphatic heterocycles. The predicted molar refractivity (Wildman–Crippen MR) is 56.1 cm³/mol. The lowest BCUT2D eigenvalue weighted by Crippen LogP contribution is -2.34. The number of nitrogens with zero attached hydrogens (tertiary/aromatic N) is 1. The number of rotatable bonds is 2. The molecule has 0 N–H and O–H groups in total. The second-order valence-corrected chi connectivity index (χ2v) is 9.64. The van der Waals surface area contributed by atoms with Crippen LogP contribution in [0, 0.1) is 10.1 Å². The van der Waals surface area contributed by atoms with Crippen LogP contribution < -0.4 is 5.19 Å². The van der Waals surface area contributed by atoms with Gasteiger partial charge < -0.3 is 0 Å². The van der Waals surface area contributed by atoms with Gasteiger partial charge in [0.1, 0.15) is 0 Å². The van der Waals surface area contributed by atoms with Crippen molar-refractivity contribution < 1.29 is 4.92 Å². The molecule has 0 aromatic heterocycles. The molecule has 0 radical (unpaired) electrons. The van der Waals surface area contributed by atoms with Crippen LogP contribution in [0.4, 0.5) is 5.69 Å². The molecule has 0 saturated heterocycles. The van der Waals surface area contributed by atoms with E-state index in [1.54, 1.807) is 12.1 Å². The highest BCUT2D eigenvalue weighted by atomic mass is 35.6. The van der Waals surface area contributed by atoms with Crippen molar-refractivity contribution in [2.45, 2.75) is 13.1 Å². The molecule has 0 unspecified atom stereocenters. The Morgan fingerprint density at radius 2 is 2.08 bits per heavy atom. The fraction of sp³-hybridized carbons (Fsp3) is 0.250. The Kier molecular flexibility index (Phi) is 2.73. The van der Waals surface area contributed by atoms with Crippen molar-refractivity contribution in [1.29, 1.82) is 0 Å². The molecular weight excluding hydrogens is 206 g/mol. The summed E-state index contributed by atoms with van der Waals surface area (Å²) < 4.78 is 0. The highest BCUT2D eigenvalue weighted by Crippen LogP contribution is 2.13. The van der Waals surface area contributed by atoms with Crippen LogP contribution in [0.3, 0.4) is 0 Å². The number of benzene rings is 1. The third-order valence-corrected chi connectivity index (χ3v) is 4.08. The molecule has 0 aliphatic carbocycles. The summed E-state index contributed by atoms with van der Waals surface area (Å²) in [6, 6.07) is 6.54. The van der Waals surface area contributed by atoms with Crippen molar-refractivity contribution in [2.75, 3.05) is 0 Å². The van der Waals surface area contributed by atoms with Gasteiger partial charge in [-0.1, -0.05) is 25.2 Å². The molecule has 0 saturated carbocycles. The Morgan fingerprint density at radius 1 is 1.46 bits per heavy atom. The molecule has 0 aliphatic rings. The molecule has 0 spiro atoms. The third kappa shape index (κ3) is 2.53. The number of non-ortho nitro benzene ring substituents is 1. The van der Waals surface area contributed by atoms with E-state index < -0.39 is 12.3 Å². The zero-order valence-electron chi connectivity index (χ0n) is 7.45. The minimum absolute atomic E-state index is 0.110. The van der Waals surface area contributed by atoms with E-state index in [-0.39, 0.29) is 5.69 Å². The number of halogens is 1. The number of hydrogen-bond donors (Lipinski definition) is 0. The maximum atomic E-state index is 10.5. The zero-order valence-corrected chi connectivity index (χ0v) is 9.21. The minimum Gasteiger partial charge on any atom is -0.258 e. The summed E-state index contributed by atoms with van der Waals surface area (Å²) in [6.07, 6.45) is 0. The second kappa shape index (κ2) is 3.47. The summed E-state index contributed by atoms with van der Waals surface area (Å²) >= 11 is 6.15. The lowest BCUT2D eigenvalue weighted by molar-refractivity contribution is -0.384. The Labute approximate surface area is 82.2 Å². The van der Waals surface area contributed by atoms with Gasteiger partial charge in [-0.3, -0.25) is 10.1 Å². The summed E-state index contributed by atoms with van der Waals surface area (Å²) in [5, 5.41) is 11.4. The zero-order chi connectivity index (χ0) is 10.1. The van der Waals surface area contributed by atoms with Crippen LogP contribution in [0.2, 0.25) is 13.1 Å². The number of nitro benzene ring substituents is 1. The van der Waals surface area contributed by atoms with Gasteiger partial charge in [0.2, 0.25) is 0 Å². The van der Waals surface area contributed by atoms with E-state index in [9.17, 15) is 10.1 Å². The fourth-order valence-electron chi connectivity index (χ4n) is 0.989. The number of nitro groups is 1. The van der Waals surface area contributed by atoms with Crippen molar-refractivity contribution in [3.05, 3.63) is 34.4 Å². The lowest BCUT2D eigenvalue weighted by atomic mass is 10.3. The van der Waals surface area contributed by atoms with Crippen LogP contribution in [0.5, 0.6) is 0 Å². The van der Waals surface area contributed by atoms with Crippen molar-refractivity contribution >= 4 is 29.3 Å². The van der Waals surface area contributed by atoms with E-state index in [1.165, 1.54) is 6.07 Å². The molecule has 1 rings (SSSR count). The van der Waals surface area contributed by atoms with Gasteiger partial charge in [0.25, 0.3) is 5.69 Å². The van der Waals surface area contributed by atoms with E-state index in [1.807, 2.05) is 19.2 Å². The van der Waals surface area contributed by atoms with Crippen molar-refractivity contribution in [3.63, 3.8) is 0 Å². The molecule has 13 heavy (non-hydrogen) atoms. The quantitative estimate of drug-likeness (QED) is 0.329. The van der Waals surface area contributed by atoms with Crippen molar-refractivity contribution in [3.8, 4) is 0 Å². The van der Waals surface area contributed by atoms with Crippen LogP contribution in [0.1, 0.15) is 0 Å². The Bertz CT molecular complexity index is 335. The average molecular weight is 216 g/mol. The lowest BCUT2D eigenvalue weighted by Gasteiger charge is -2.12. The van der Waals surface area contributed by atoms with Crippen LogP contribution in [-0.2, 0) is 0 Å². The van der Waals surface area contributed by atoms with Gasteiger partial charge in [-0.2, -0.15) is 11.1 Å². The maximum absolute atomic E-state index is 10.5. The van der Waals surface area contributed by atoms with E-state index in [0.717, 1.165) is 5.19 Å². The van der Waals surface area contributed by atoms with E-state index >= 15 is 0 Å². The summed E-state index contributed by atoms with van der Waals surface area (Å²) in [4.78, 5) is 10.1. The normalized spacial score (nSPS) is 11.3. The van der Waals surface area contributed by atoms with Gasteiger partial charge >= 0.3 is 0 Å². The van der Waals surface area contributed by atoms with Gasteiger partial charge in [-0.15, -0.1) is 0 Å². The molecule has 0 bridgehead atoms. The Hall–Kier alpha value is -0.873. The Morgan fingerprint density at radius 3 is 2.54 bits per heavy atom. The molecule has 1 aromatic rings. The van der Waals surface area contributed by atoms with Gasteiger partial charge in [-0.25, -0.2) is 0 Å². The van der Waals surface area contributed by atoms with Crippen molar-refractivity contribution in [2.24, 2.45) is 0 Å². The highest BCUT2D eigenvalue weighted by molar-refractivity contribution is 7.26. The first kappa shape index (κ1) is 10.2. The third-order valence-electron chi connectivity index (χ3n) is 1.74. The van der Waals surface area contributed by atoms with Gasteiger partial charge in [-0.05, 0) is 5.19 Å². The molecule has 0 fully saturated rings. The fourth-order valence-corrected chi connectivity index (χ4v) is 2.33. The Balaban J connectivity index is 3.13. The van der Waals surface area contributed by atoms with Gasteiger partial charge in [0.05, 0.1) is 4.92 Å². The van der Waals surface area contributed by atoms with E-state index in [2.05, 4.69) is 0 Å². The summed E-state index contributed by atoms with van der Waals surface area (Å²) in [5.74, 6) is 0. The van der Waals surface area contributed by atoms with Gasteiger partial charge in [0, 0.05) is 12.1 Å². The molecule has 0 heterocycles. The van der Waals surface area contributed by atoms with E-state index in [0.29, 0.717) is 0 Å². The van der Waals surface area contributed by atoms with Crippen LogP contribution in [-0.4, -0.2) is 12.3 Å². The van der Waals surface area contributed by atoms with Crippen LogP contribution in [0.25, 0.3) is 0 Å². The summed E-state index contributed by atoms with van der Waals surface area (Å²) in [7, 11) is -1.94. The first-order chi connectivity index (χ1) is 5.91. The molecule has 70 valence electrons. The smallest absolute Gasteiger partial charge is 0.258 e. The average Bonchev–Trinajstić information content (AvgIpc) is 2.03. The van der Waals surface area contributed by atoms with Crippen LogP contribution >= 0.6 is 11.1 Å². The molecule has 1 aromatic carbocycles. The topological polar surface area (TPSA) is 43.1 Å². The maximum Gasteiger partial charge on any atom is 0.269 e. The largest absolute Gasteiger partial charge is 0.269 e. The predicted octanol–water partition coefficient (Wildman–Crippen LogP) is 2.25. The van der Waals surface area contributed by atoms with Crippen LogP contribution in [0.15, 0.2) is 24.3 Å². The highest BCUT2D eigenvalue weighted by Gasteiger charge is 2.21. The molecule has 5 heteroatoms. The standard InChI is InChI=1S/C8H10ClNO2Si/c1-13(2,9)8-5-3-4-7(6-8)10(11)12/h3-6H,1-2H3. The molecular formula is C8H10ClNO2Si. The SMILES string of the molecule is C[Si](C)(Cl)c1cccc([N+](=O)[O-])c1. The molecule has 0 atom stereocenters. The van der Waals surface area contributed by atoms with E-state index in [4.69, 9.17) is 11.1 Å². The van der Waals surface area contributed by atoms with Gasteiger partial charge in [0.15, 0.2) is 7.38 Å². The monoisotopic (exact) mass is 215 g/mol. The first-order valence-electron chi connectivity index (χ1n) is 3.85. The second-order valence-electron chi connectivity index (χ2n) is 3.28. The van der Waals surface area contributed by atoms with Crippen molar-refractivity contribution in [1.82, 2.24) is 0 Å². The molecule has 0 amide bonds. The number of hydrogen-bond acceptors (Lipinski definition) is 2. The summed E-state index contributed by atoms with van der Waals surface area (Å²) in [6.45, 7) is 3.88. The first-order valence-corrected chi connectivity index (χ1v) is 7.86.